The third-order valence-corrected chi connectivity index (χ3v) is 4.48. The first-order valence-corrected chi connectivity index (χ1v) is 7.21. The monoisotopic (exact) mass is 353 g/mol. The molecular weight excluding hydrogens is 342 g/mol. The Morgan fingerprint density at radius 3 is 2.90 bits per heavy atom. The number of rotatable bonds is 4. The second kappa shape index (κ2) is 6.62. The predicted octanol–water partition coefficient (Wildman–Crippen LogP) is 3.10. The Morgan fingerprint density at radius 2 is 2.25 bits per heavy atom. The van der Waals surface area contributed by atoms with E-state index in [0.717, 1.165) is 14.4 Å². The van der Waals surface area contributed by atoms with Crippen molar-refractivity contribution < 1.29 is 9.94 Å². The molecule has 0 aliphatic heterocycles. The van der Waals surface area contributed by atoms with Crippen molar-refractivity contribution in [2.45, 2.75) is 9.92 Å². The molecule has 0 spiro atoms. The molecule has 0 unspecified atom stereocenters. The van der Waals surface area contributed by atoms with Crippen molar-refractivity contribution in [2.24, 2.45) is 10.9 Å². The number of hydrogen-bond acceptors (Lipinski definition) is 5. The molecule has 0 atom stereocenters. The summed E-state index contributed by atoms with van der Waals surface area (Å²) in [5.41, 5.74) is 6.31. The summed E-state index contributed by atoms with van der Waals surface area (Å²) < 4.78 is 6.08. The van der Waals surface area contributed by atoms with Crippen LogP contribution in [-0.2, 0) is 0 Å². The minimum Gasteiger partial charge on any atom is -0.497 e. The molecule has 0 aliphatic rings. The maximum atomic E-state index is 8.86. The van der Waals surface area contributed by atoms with Crippen LogP contribution in [0.5, 0.6) is 5.75 Å². The van der Waals surface area contributed by atoms with Gasteiger partial charge in [0.15, 0.2) is 5.84 Å². The molecule has 1 heterocycles. The number of amidine groups is 1. The Hall–Kier alpha value is -1.73. The van der Waals surface area contributed by atoms with E-state index in [9.17, 15) is 0 Å². The van der Waals surface area contributed by atoms with Crippen LogP contribution in [0.2, 0.25) is 0 Å². The topological polar surface area (TPSA) is 80.7 Å². The van der Waals surface area contributed by atoms with Crippen molar-refractivity contribution in [3.8, 4) is 5.75 Å². The molecule has 0 radical (unpaired) electrons. The van der Waals surface area contributed by atoms with Crippen LogP contribution in [0.4, 0.5) is 0 Å². The van der Waals surface area contributed by atoms with Crippen molar-refractivity contribution >= 4 is 33.5 Å². The van der Waals surface area contributed by atoms with Gasteiger partial charge in [0.2, 0.25) is 0 Å². The van der Waals surface area contributed by atoms with Crippen LogP contribution in [0, 0.1) is 0 Å². The van der Waals surface area contributed by atoms with E-state index in [1.165, 1.54) is 11.8 Å². The number of aromatic nitrogens is 1. The second-order valence-corrected chi connectivity index (χ2v) is 5.62. The number of hydrogen-bond donors (Lipinski definition) is 2. The van der Waals surface area contributed by atoms with Crippen molar-refractivity contribution in [3.05, 3.63) is 46.6 Å². The van der Waals surface area contributed by atoms with Crippen LogP contribution in [0.25, 0.3) is 0 Å². The molecule has 0 fully saturated rings. The third kappa shape index (κ3) is 3.23. The summed E-state index contributed by atoms with van der Waals surface area (Å²) >= 11 is 4.85. The van der Waals surface area contributed by atoms with Gasteiger partial charge in [-0.3, -0.25) is 0 Å². The second-order valence-electron chi connectivity index (χ2n) is 3.74. The number of pyridine rings is 1. The fraction of sp³-hybridized carbons (Fsp3) is 0.0769. The van der Waals surface area contributed by atoms with Crippen LogP contribution >= 0.6 is 27.7 Å². The number of benzene rings is 1. The van der Waals surface area contributed by atoms with Crippen molar-refractivity contribution in [3.63, 3.8) is 0 Å². The van der Waals surface area contributed by atoms with Crippen LogP contribution in [-0.4, -0.2) is 23.1 Å². The molecular formula is C13H12BrN3O2S. The lowest BCUT2D eigenvalue weighted by atomic mass is 10.2. The maximum absolute atomic E-state index is 8.86. The minimum absolute atomic E-state index is 0.0437. The highest BCUT2D eigenvalue weighted by molar-refractivity contribution is 9.10. The summed E-state index contributed by atoms with van der Waals surface area (Å²) in [7, 11) is 1.59. The normalized spacial score (nSPS) is 11.4. The van der Waals surface area contributed by atoms with E-state index < -0.39 is 0 Å². The molecule has 0 aliphatic carbocycles. The largest absolute Gasteiger partial charge is 0.497 e. The van der Waals surface area contributed by atoms with E-state index in [2.05, 4.69) is 26.1 Å². The highest BCUT2D eigenvalue weighted by atomic mass is 79.9. The molecule has 3 N–H and O–H groups in total. The highest BCUT2D eigenvalue weighted by Crippen LogP contribution is 2.35. The lowest BCUT2D eigenvalue weighted by molar-refractivity contribution is 0.318. The molecule has 104 valence electrons. The molecule has 0 saturated heterocycles. The number of ether oxygens (including phenoxy) is 1. The van der Waals surface area contributed by atoms with E-state index in [1.807, 2.05) is 18.2 Å². The molecule has 0 saturated carbocycles. The maximum Gasteiger partial charge on any atom is 0.171 e. The van der Waals surface area contributed by atoms with E-state index in [-0.39, 0.29) is 5.84 Å². The van der Waals surface area contributed by atoms with Crippen molar-refractivity contribution in [2.75, 3.05) is 7.11 Å². The fourth-order valence-corrected chi connectivity index (χ4v) is 2.97. The van der Waals surface area contributed by atoms with E-state index >= 15 is 0 Å². The van der Waals surface area contributed by atoms with E-state index in [1.54, 1.807) is 25.4 Å². The van der Waals surface area contributed by atoms with Gasteiger partial charge >= 0.3 is 0 Å². The van der Waals surface area contributed by atoms with Crippen LogP contribution < -0.4 is 10.5 Å². The lowest BCUT2D eigenvalue weighted by Gasteiger charge is -2.10. The average molecular weight is 354 g/mol. The first kappa shape index (κ1) is 14.7. The number of halogens is 1. The van der Waals surface area contributed by atoms with E-state index in [4.69, 9.17) is 15.7 Å². The SMILES string of the molecule is COc1ccc(/C(N)=N/O)c(Sc2ncccc2Br)c1. The Labute approximate surface area is 129 Å². The number of nitrogens with zero attached hydrogens (tertiary/aromatic N) is 2. The van der Waals surface area contributed by atoms with Gasteiger partial charge in [-0.1, -0.05) is 16.9 Å². The summed E-state index contributed by atoms with van der Waals surface area (Å²) in [5.74, 6) is 0.733. The Morgan fingerprint density at radius 1 is 1.45 bits per heavy atom. The standard InChI is InChI=1S/C13H12BrN3O2S/c1-19-8-4-5-9(12(15)17-18)11(7-8)20-13-10(14)3-2-6-16-13/h2-7,18H,1H3,(H2,15,17). The van der Waals surface area contributed by atoms with Gasteiger partial charge in [-0.15, -0.1) is 0 Å². The number of oxime groups is 1. The summed E-state index contributed by atoms with van der Waals surface area (Å²) in [4.78, 5) is 5.08. The minimum atomic E-state index is 0.0437. The number of methoxy groups -OCH3 is 1. The summed E-state index contributed by atoms with van der Waals surface area (Å²) in [6, 6.07) is 9.06. The molecule has 1 aromatic heterocycles. The lowest BCUT2D eigenvalue weighted by Crippen LogP contribution is -2.14. The third-order valence-electron chi connectivity index (χ3n) is 2.50. The Bertz CT molecular complexity index is 649. The van der Waals surface area contributed by atoms with Gasteiger partial charge in [0.25, 0.3) is 0 Å². The van der Waals surface area contributed by atoms with Gasteiger partial charge in [0.05, 0.1) is 11.6 Å². The first-order valence-electron chi connectivity index (χ1n) is 5.60. The van der Waals surface area contributed by atoms with Crippen molar-refractivity contribution in [1.82, 2.24) is 4.98 Å². The van der Waals surface area contributed by atoms with Gasteiger partial charge in [-0.2, -0.15) is 0 Å². The average Bonchev–Trinajstić information content (AvgIpc) is 2.48. The Kier molecular flexibility index (Phi) is 4.86. The molecule has 0 bridgehead atoms. The van der Waals surface area contributed by atoms with Gasteiger partial charge in [-0.25, -0.2) is 4.98 Å². The predicted molar refractivity (Wildman–Crippen MR) is 81.6 cm³/mol. The molecule has 1 aromatic carbocycles. The van der Waals surface area contributed by atoms with Gasteiger partial charge in [0, 0.05) is 16.7 Å². The number of nitrogens with two attached hydrogens (primary N) is 1. The van der Waals surface area contributed by atoms with Crippen LogP contribution in [0.3, 0.4) is 0 Å². The van der Waals surface area contributed by atoms with Crippen LogP contribution in [0.15, 0.2) is 56.1 Å². The van der Waals surface area contributed by atoms with Crippen molar-refractivity contribution in [1.29, 1.82) is 0 Å². The summed E-state index contributed by atoms with van der Waals surface area (Å²) in [5, 5.41) is 12.7. The smallest absolute Gasteiger partial charge is 0.171 e. The molecule has 0 amide bonds. The highest BCUT2D eigenvalue weighted by Gasteiger charge is 2.12. The van der Waals surface area contributed by atoms with Gasteiger partial charge in [0.1, 0.15) is 10.8 Å². The molecule has 2 rings (SSSR count). The molecule has 2 aromatic rings. The molecule has 7 heteroatoms. The Balaban J connectivity index is 2.46. The summed E-state index contributed by atoms with van der Waals surface area (Å²) in [6.45, 7) is 0. The quantitative estimate of drug-likeness (QED) is 0.382. The fourth-order valence-electron chi connectivity index (χ4n) is 1.53. The van der Waals surface area contributed by atoms with Crippen LogP contribution in [0.1, 0.15) is 5.56 Å². The first-order chi connectivity index (χ1) is 9.65. The molecule has 5 nitrogen and oxygen atoms in total. The van der Waals surface area contributed by atoms with E-state index in [0.29, 0.717) is 11.3 Å². The summed E-state index contributed by atoms with van der Waals surface area (Å²) in [6.07, 6.45) is 1.70. The van der Waals surface area contributed by atoms with Gasteiger partial charge in [-0.05, 0) is 46.3 Å². The van der Waals surface area contributed by atoms with Gasteiger partial charge < -0.3 is 15.7 Å². The zero-order chi connectivity index (χ0) is 14.5. The zero-order valence-electron chi connectivity index (χ0n) is 10.6. The zero-order valence-corrected chi connectivity index (χ0v) is 13.0. The molecule has 20 heavy (non-hydrogen) atoms.